The van der Waals surface area contributed by atoms with E-state index in [1.807, 2.05) is 12.1 Å². The van der Waals surface area contributed by atoms with Gasteiger partial charge in [0.1, 0.15) is 0 Å². The Kier molecular flexibility index (Phi) is 8.97. The van der Waals surface area contributed by atoms with Crippen LogP contribution in [0.5, 0.6) is 0 Å². The summed E-state index contributed by atoms with van der Waals surface area (Å²) in [7, 11) is 0. The van der Waals surface area contributed by atoms with E-state index in [2.05, 4.69) is 48.5 Å². The Bertz CT molecular complexity index is 636. The predicted octanol–water partition coefficient (Wildman–Crippen LogP) is 1.28. The molecule has 0 aliphatic carbocycles. The quantitative estimate of drug-likeness (QED) is 0.527. The van der Waals surface area contributed by atoms with Gasteiger partial charge in [-0.05, 0) is 34.3 Å². The normalized spacial score (nSPS) is 10.6. The van der Waals surface area contributed by atoms with E-state index >= 15 is 0 Å². The monoisotopic (exact) mass is 318 g/mol. The van der Waals surface area contributed by atoms with Crippen molar-refractivity contribution in [2.24, 2.45) is 0 Å². The van der Waals surface area contributed by atoms with Crippen LogP contribution >= 0.6 is 0 Å². The molecule has 1 unspecified atom stereocenters. The largest absolute Gasteiger partial charge is 1.00 e. The average Bonchev–Trinajstić information content (AvgIpc) is 2.58. The zero-order valence-electron chi connectivity index (χ0n) is 12.4. The summed E-state index contributed by atoms with van der Waals surface area (Å²) < 4.78 is 20.4. The summed E-state index contributed by atoms with van der Waals surface area (Å²) >= 11 is -2.08. The maximum absolute atomic E-state index is 10.2. The minimum absolute atomic E-state index is 0. The molecule has 0 N–H and O–H groups in total. The molecule has 4 heteroatoms. The molecule has 0 bridgehead atoms. The summed E-state index contributed by atoms with van der Waals surface area (Å²) in [5.41, 5.74) is 2.55. The van der Waals surface area contributed by atoms with Crippen LogP contribution in [0.25, 0.3) is 11.1 Å². The Morgan fingerprint density at radius 3 is 1.18 bits per heavy atom. The van der Waals surface area contributed by atoms with Crippen molar-refractivity contribution in [2.75, 3.05) is 0 Å². The van der Waals surface area contributed by atoms with Crippen LogP contribution in [0.4, 0.5) is 0 Å². The van der Waals surface area contributed by atoms with E-state index in [0.717, 1.165) is 0 Å². The molecule has 0 amide bonds. The second kappa shape index (κ2) is 10.5. The van der Waals surface area contributed by atoms with E-state index in [-0.39, 0.29) is 29.6 Å². The van der Waals surface area contributed by atoms with Crippen molar-refractivity contribution in [3.8, 4) is 11.1 Å². The molecule has 3 rings (SSSR count). The molecule has 0 fully saturated rings. The summed E-state index contributed by atoms with van der Waals surface area (Å²) in [5, 5.41) is 0. The smallest absolute Gasteiger partial charge is 0.768 e. The van der Waals surface area contributed by atoms with E-state index in [1.54, 1.807) is 30.3 Å². The Labute approximate surface area is 155 Å². The Balaban J connectivity index is 0.000000219. The van der Waals surface area contributed by atoms with Crippen LogP contribution in [-0.2, 0) is 11.1 Å². The molecule has 0 aliphatic rings. The van der Waals surface area contributed by atoms with Crippen LogP contribution in [-0.4, -0.2) is 8.76 Å². The molecule has 22 heavy (non-hydrogen) atoms. The zero-order valence-corrected chi connectivity index (χ0v) is 15.2. The van der Waals surface area contributed by atoms with Gasteiger partial charge in [0, 0.05) is 4.90 Å². The summed E-state index contributed by atoms with van der Waals surface area (Å²) in [6.45, 7) is 0. The fraction of sp³-hybridized carbons (Fsp3) is 0. The van der Waals surface area contributed by atoms with Gasteiger partial charge in [-0.2, -0.15) is 0 Å². The second-order valence-electron chi connectivity index (χ2n) is 4.28. The van der Waals surface area contributed by atoms with E-state index in [4.69, 9.17) is 0 Å². The molecule has 3 aromatic rings. The molecular weight excluding hydrogens is 303 g/mol. The molecule has 0 saturated carbocycles. The Morgan fingerprint density at radius 2 is 0.909 bits per heavy atom. The fourth-order valence-corrected chi connectivity index (χ4v) is 2.17. The molecule has 0 spiro atoms. The first-order valence-electron chi connectivity index (χ1n) is 6.52. The summed E-state index contributed by atoms with van der Waals surface area (Å²) in [5.74, 6) is 0. The maximum Gasteiger partial charge on any atom is 1.00 e. The van der Waals surface area contributed by atoms with Gasteiger partial charge in [-0.3, -0.25) is 4.21 Å². The summed E-state index contributed by atoms with van der Waals surface area (Å²) in [6, 6.07) is 29.0. The third kappa shape index (κ3) is 6.26. The molecule has 0 aromatic heterocycles. The molecule has 0 heterocycles. The van der Waals surface area contributed by atoms with Crippen LogP contribution in [0.3, 0.4) is 0 Å². The predicted molar refractivity (Wildman–Crippen MR) is 85.5 cm³/mol. The topological polar surface area (TPSA) is 40.1 Å². The van der Waals surface area contributed by atoms with Gasteiger partial charge in [0.25, 0.3) is 0 Å². The van der Waals surface area contributed by atoms with Crippen molar-refractivity contribution < 1.29 is 38.3 Å². The van der Waals surface area contributed by atoms with Crippen molar-refractivity contribution in [1.82, 2.24) is 0 Å². The first-order valence-corrected chi connectivity index (χ1v) is 7.59. The standard InChI is InChI=1S/C12H10.C6H6O2S.Na/c1-3-7-11(8-4-1)12-9-5-2-6-10-12;7-9(8)6-4-2-1-3-5-6;/h1-10H;1-5H,(H,7,8);/q;;+1/p-1. The third-order valence-corrected chi connectivity index (χ3v) is 3.47. The number of rotatable bonds is 2. The Hall–Kier alpha value is -1.23. The first kappa shape index (κ1) is 18.8. The van der Waals surface area contributed by atoms with Gasteiger partial charge in [0.2, 0.25) is 0 Å². The molecule has 2 nitrogen and oxygen atoms in total. The van der Waals surface area contributed by atoms with Crippen molar-refractivity contribution >= 4 is 11.1 Å². The number of hydrogen-bond donors (Lipinski definition) is 0. The molecule has 3 aromatic carbocycles. The minimum Gasteiger partial charge on any atom is -0.768 e. The van der Waals surface area contributed by atoms with Crippen molar-refractivity contribution in [3.63, 3.8) is 0 Å². The van der Waals surface area contributed by atoms with Gasteiger partial charge < -0.3 is 4.55 Å². The SMILES string of the molecule is O=S([O-])c1ccccc1.[Na+].c1ccc(-c2ccccc2)cc1. The van der Waals surface area contributed by atoms with Gasteiger partial charge in [-0.25, -0.2) is 0 Å². The van der Waals surface area contributed by atoms with E-state index in [1.165, 1.54) is 11.1 Å². The van der Waals surface area contributed by atoms with Gasteiger partial charge in [-0.1, -0.05) is 78.9 Å². The van der Waals surface area contributed by atoms with Gasteiger partial charge >= 0.3 is 29.6 Å². The zero-order chi connectivity index (χ0) is 14.9. The van der Waals surface area contributed by atoms with Crippen LogP contribution < -0.4 is 29.6 Å². The van der Waals surface area contributed by atoms with E-state index < -0.39 is 11.1 Å². The average molecular weight is 318 g/mol. The second-order valence-corrected chi connectivity index (χ2v) is 5.22. The van der Waals surface area contributed by atoms with Crippen LogP contribution in [0, 0.1) is 0 Å². The van der Waals surface area contributed by atoms with Crippen molar-refractivity contribution in [1.29, 1.82) is 0 Å². The van der Waals surface area contributed by atoms with Gasteiger partial charge in [0.05, 0.1) is 0 Å². The van der Waals surface area contributed by atoms with Crippen LogP contribution in [0.2, 0.25) is 0 Å². The summed E-state index contributed by atoms with van der Waals surface area (Å²) in [6.07, 6.45) is 0. The molecule has 0 saturated heterocycles. The number of benzene rings is 3. The first-order chi connectivity index (χ1) is 10.3. The number of hydrogen-bond acceptors (Lipinski definition) is 2. The maximum atomic E-state index is 10.2. The van der Waals surface area contributed by atoms with Crippen LogP contribution in [0.15, 0.2) is 95.9 Å². The molecule has 0 radical (unpaired) electrons. The Morgan fingerprint density at radius 1 is 0.591 bits per heavy atom. The molecule has 0 aliphatic heterocycles. The van der Waals surface area contributed by atoms with Gasteiger partial charge in [0.15, 0.2) is 0 Å². The van der Waals surface area contributed by atoms with Crippen molar-refractivity contribution in [3.05, 3.63) is 91.0 Å². The van der Waals surface area contributed by atoms with Crippen molar-refractivity contribution in [2.45, 2.75) is 4.90 Å². The van der Waals surface area contributed by atoms with E-state index in [0.29, 0.717) is 4.90 Å². The third-order valence-electron chi connectivity index (χ3n) is 2.82. The molecular formula is C18H15NaO2S. The fourth-order valence-electron chi connectivity index (χ4n) is 1.79. The summed E-state index contributed by atoms with van der Waals surface area (Å²) in [4.78, 5) is 0.331. The van der Waals surface area contributed by atoms with E-state index in [9.17, 15) is 8.76 Å². The van der Waals surface area contributed by atoms with Gasteiger partial charge in [-0.15, -0.1) is 0 Å². The molecule has 106 valence electrons. The van der Waals surface area contributed by atoms with Crippen LogP contribution in [0.1, 0.15) is 0 Å². The minimum atomic E-state index is -2.08. The molecule has 1 atom stereocenters.